The van der Waals surface area contributed by atoms with Crippen LogP contribution in [0, 0.1) is 0 Å². The highest BCUT2D eigenvalue weighted by Crippen LogP contribution is 2.28. The lowest BCUT2D eigenvalue weighted by atomic mass is 9.99. The molecule has 2 aromatic rings. The Balaban J connectivity index is 1.59. The van der Waals surface area contributed by atoms with Crippen molar-refractivity contribution >= 4 is 23.4 Å². The molecule has 1 aromatic heterocycles. The number of amides is 2. The summed E-state index contributed by atoms with van der Waals surface area (Å²) in [6.07, 6.45) is 4.56. The number of rotatable bonds is 6. The van der Waals surface area contributed by atoms with Crippen molar-refractivity contribution in [2.45, 2.75) is 25.0 Å². The van der Waals surface area contributed by atoms with Gasteiger partial charge in [0.1, 0.15) is 6.61 Å². The number of hydrogen-bond donors (Lipinski definition) is 2. The molecule has 7 nitrogen and oxygen atoms in total. The Morgan fingerprint density at radius 3 is 3.00 bits per heavy atom. The molecule has 0 unspecified atom stereocenters. The van der Waals surface area contributed by atoms with Crippen LogP contribution in [0.25, 0.3) is 0 Å². The molecule has 26 heavy (non-hydrogen) atoms. The second-order valence-electron chi connectivity index (χ2n) is 6.22. The zero-order valence-corrected chi connectivity index (χ0v) is 15.2. The van der Waals surface area contributed by atoms with Gasteiger partial charge in [-0.1, -0.05) is 29.8 Å². The first-order valence-corrected chi connectivity index (χ1v) is 8.83. The Kier molecular flexibility index (Phi) is 5.90. The van der Waals surface area contributed by atoms with Crippen LogP contribution in [0.2, 0.25) is 5.02 Å². The topological polar surface area (TPSA) is 85.2 Å². The van der Waals surface area contributed by atoms with Crippen LogP contribution < -0.4 is 10.6 Å². The molecule has 0 radical (unpaired) electrons. The predicted octanol–water partition coefficient (Wildman–Crippen LogP) is 1.38. The summed E-state index contributed by atoms with van der Waals surface area (Å²) in [6, 6.07) is 6.50. The number of carbonyl (C=O) groups is 2. The van der Waals surface area contributed by atoms with Crippen LogP contribution in [0.1, 0.15) is 23.6 Å². The van der Waals surface area contributed by atoms with E-state index in [0.29, 0.717) is 17.1 Å². The molecule has 0 aliphatic carbocycles. The first-order chi connectivity index (χ1) is 12.5. The number of carbonyl (C=O) groups excluding carboxylic acids is 2. The standard InChI is InChI=1S/C18H21ClN4O3/c1-23-10-12(9-21-23)5-4-8-20-18(25)17-16(22-15(24)11-26-17)13-6-2-3-7-14(13)19/h2-3,6-7,9-10,16-17H,4-5,8,11H2,1H3,(H,20,25)(H,22,24)/t16-,17+/m1/s1. The Morgan fingerprint density at radius 1 is 1.46 bits per heavy atom. The molecule has 1 fully saturated rings. The Hall–Kier alpha value is -2.38. The summed E-state index contributed by atoms with van der Waals surface area (Å²) < 4.78 is 7.25. The van der Waals surface area contributed by atoms with Gasteiger partial charge in [0, 0.05) is 24.8 Å². The first-order valence-electron chi connectivity index (χ1n) is 8.45. The van der Waals surface area contributed by atoms with Gasteiger partial charge < -0.3 is 15.4 Å². The van der Waals surface area contributed by atoms with E-state index >= 15 is 0 Å². The second-order valence-corrected chi connectivity index (χ2v) is 6.62. The van der Waals surface area contributed by atoms with E-state index < -0.39 is 12.1 Å². The van der Waals surface area contributed by atoms with Crippen molar-refractivity contribution in [3.05, 3.63) is 52.8 Å². The number of aromatic nitrogens is 2. The van der Waals surface area contributed by atoms with E-state index in [-0.39, 0.29) is 18.4 Å². The zero-order valence-electron chi connectivity index (χ0n) is 14.4. The number of nitrogens with zero attached hydrogens (tertiary/aromatic N) is 2. The zero-order chi connectivity index (χ0) is 18.5. The van der Waals surface area contributed by atoms with Crippen molar-refractivity contribution in [2.24, 2.45) is 7.05 Å². The van der Waals surface area contributed by atoms with Crippen molar-refractivity contribution in [3.8, 4) is 0 Å². The number of nitrogens with one attached hydrogen (secondary N) is 2. The highest BCUT2D eigenvalue weighted by atomic mass is 35.5. The van der Waals surface area contributed by atoms with Gasteiger partial charge in [0.05, 0.1) is 12.2 Å². The molecule has 3 rings (SSSR count). The molecule has 2 atom stereocenters. The third kappa shape index (κ3) is 4.42. The predicted molar refractivity (Wildman–Crippen MR) is 96.6 cm³/mol. The summed E-state index contributed by atoms with van der Waals surface area (Å²) in [5.41, 5.74) is 1.79. The normalized spacial score (nSPS) is 19.8. The number of halogens is 1. The van der Waals surface area contributed by atoms with Gasteiger partial charge in [-0.3, -0.25) is 14.3 Å². The highest BCUT2D eigenvalue weighted by molar-refractivity contribution is 6.31. The molecule has 2 amide bonds. The Morgan fingerprint density at radius 2 is 2.27 bits per heavy atom. The van der Waals surface area contributed by atoms with E-state index in [4.69, 9.17) is 16.3 Å². The Bertz CT molecular complexity index is 792. The molecule has 138 valence electrons. The van der Waals surface area contributed by atoms with Crippen molar-refractivity contribution in [1.82, 2.24) is 20.4 Å². The number of ether oxygens (including phenoxy) is 1. The van der Waals surface area contributed by atoms with E-state index in [2.05, 4.69) is 15.7 Å². The van der Waals surface area contributed by atoms with Crippen LogP contribution in [0.3, 0.4) is 0 Å². The van der Waals surface area contributed by atoms with E-state index in [9.17, 15) is 9.59 Å². The molecular weight excluding hydrogens is 356 g/mol. The van der Waals surface area contributed by atoms with Crippen LogP contribution in [-0.2, 0) is 27.8 Å². The summed E-state index contributed by atoms with van der Waals surface area (Å²) in [7, 11) is 1.87. The van der Waals surface area contributed by atoms with Crippen LogP contribution in [0.4, 0.5) is 0 Å². The van der Waals surface area contributed by atoms with Gasteiger partial charge in [0.2, 0.25) is 5.91 Å². The molecule has 1 aromatic carbocycles. The quantitative estimate of drug-likeness (QED) is 0.746. The summed E-state index contributed by atoms with van der Waals surface area (Å²) in [5, 5.41) is 10.3. The fourth-order valence-corrected chi connectivity index (χ4v) is 3.21. The summed E-state index contributed by atoms with van der Waals surface area (Å²) in [4.78, 5) is 24.3. The molecule has 2 N–H and O–H groups in total. The van der Waals surface area contributed by atoms with Crippen LogP contribution in [0.15, 0.2) is 36.7 Å². The van der Waals surface area contributed by atoms with Crippen molar-refractivity contribution < 1.29 is 14.3 Å². The summed E-state index contributed by atoms with van der Waals surface area (Å²) in [5.74, 6) is -0.531. The molecule has 0 saturated carbocycles. The number of benzene rings is 1. The van der Waals surface area contributed by atoms with Gasteiger partial charge in [-0.05, 0) is 30.0 Å². The van der Waals surface area contributed by atoms with Gasteiger partial charge in [-0.15, -0.1) is 0 Å². The maximum atomic E-state index is 12.6. The van der Waals surface area contributed by atoms with Crippen molar-refractivity contribution in [1.29, 1.82) is 0 Å². The van der Waals surface area contributed by atoms with Gasteiger partial charge >= 0.3 is 0 Å². The molecule has 1 aliphatic heterocycles. The minimum atomic E-state index is -0.814. The summed E-state index contributed by atoms with van der Waals surface area (Å²) >= 11 is 6.23. The van der Waals surface area contributed by atoms with E-state index in [0.717, 1.165) is 18.4 Å². The third-order valence-corrected chi connectivity index (χ3v) is 4.56. The maximum Gasteiger partial charge on any atom is 0.251 e. The SMILES string of the molecule is Cn1cc(CCCNC(=O)[C@H]2OCC(=O)N[C@@H]2c2ccccc2Cl)cn1. The van der Waals surface area contributed by atoms with Gasteiger partial charge in [-0.2, -0.15) is 5.10 Å². The minimum absolute atomic E-state index is 0.144. The van der Waals surface area contributed by atoms with E-state index in [1.54, 1.807) is 22.9 Å². The fourth-order valence-electron chi connectivity index (χ4n) is 2.95. The molecule has 0 spiro atoms. The van der Waals surface area contributed by atoms with Crippen molar-refractivity contribution in [2.75, 3.05) is 13.2 Å². The lowest BCUT2D eigenvalue weighted by Crippen LogP contribution is -2.52. The second kappa shape index (κ2) is 8.33. The lowest BCUT2D eigenvalue weighted by molar-refractivity contribution is -0.148. The molecule has 2 heterocycles. The lowest BCUT2D eigenvalue weighted by Gasteiger charge is -2.32. The van der Waals surface area contributed by atoms with Gasteiger partial charge in [-0.25, -0.2) is 0 Å². The smallest absolute Gasteiger partial charge is 0.251 e. The average Bonchev–Trinajstić information content (AvgIpc) is 3.04. The molecule has 1 aliphatic rings. The fraction of sp³-hybridized carbons (Fsp3) is 0.389. The van der Waals surface area contributed by atoms with E-state index in [1.807, 2.05) is 25.5 Å². The number of morpholine rings is 1. The van der Waals surface area contributed by atoms with Crippen LogP contribution >= 0.6 is 11.6 Å². The average molecular weight is 377 g/mol. The molecule has 0 bridgehead atoms. The molecule has 8 heteroatoms. The highest BCUT2D eigenvalue weighted by Gasteiger charge is 2.36. The number of hydrogen-bond acceptors (Lipinski definition) is 4. The largest absolute Gasteiger partial charge is 0.356 e. The Labute approximate surface area is 156 Å². The minimum Gasteiger partial charge on any atom is -0.356 e. The van der Waals surface area contributed by atoms with Gasteiger partial charge in [0.15, 0.2) is 6.10 Å². The van der Waals surface area contributed by atoms with E-state index in [1.165, 1.54) is 0 Å². The van der Waals surface area contributed by atoms with Gasteiger partial charge in [0.25, 0.3) is 5.91 Å². The van der Waals surface area contributed by atoms with Crippen LogP contribution in [-0.4, -0.2) is 40.9 Å². The maximum absolute atomic E-state index is 12.6. The third-order valence-electron chi connectivity index (χ3n) is 4.21. The van der Waals surface area contributed by atoms with Crippen LogP contribution in [0.5, 0.6) is 0 Å². The first kappa shape index (κ1) is 18.4. The van der Waals surface area contributed by atoms with Crippen molar-refractivity contribution in [3.63, 3.8) is 0 Å². The number of aryl methyl sites for hydroxylation is 2. The molecular formula is C18H21ClN4O3. The summed E-state index contributed by atoms with van der Waals surface area (Å²) in [6.45, 7) is 0.367. The monoisotopic (exact) mass is 376 g/mol. The molecule has 1 saturated heterocycles.